The first kappa shape index (κ1) is 25.7. The predicted molar refractivity (Wildman–Crippen MR) is 121 cm³/mol. The van der Waals surface area contributed by atoms with Crippen LogP contribution in [0.4, 0.5) is 0 Å². The van der Waals surface area contributed by atoms with Gasteiger partial charge in [-0.05, 0) is 43.5 Å². The molecule has 0 amide bonds. The third kappa shape index (κ3) is 15.2. The normalized spacial score (nSPS) is 10.7. The van der Waals surface area contributed by atoms with Gasteiger partial charge in [0.05, 0.1) is 6.61 Å². The second kappa shape index (κ2) is 17.5. The van der Waals surface area contributed by atoms with E-state index in [0.29, 0.717) is 25.2 Å². The maximum absolute atomic E-state index is 11.8. The molecule has 0 heterocycles. The van der Waals surface area contributed by atoms with Crippen LogP contribution in [-0.2, 0) is 14.3 Å². The topological polar surface area (TPSA) is 52.6 Å². The zero-order valence-corrected chi connectivity index (χ0v) is 19.5. The third-order valence-electron chi connectivity index (χ3n) is 4.82. The summed E-state index contributed by atoms with van der Waals surface area (Å²) in [7, 11) is 0. The van der Waals surface area contributed by atoms with Gasteiger partial charge in [0.1, 0.15) is 5.75 Å². The van der Waals surface area contributed by atoms with Crippen LogP contribution in [-0.4, -0.2) is 18.5 Å². The number of unbranched alkanes of at least 4 members (excludes halogenated alkanes) is 10. The highest BCUT2D eigenvalue weighted by Gasteiger charge is 2.05. The minimum absolute atomic E-state index is 0.0609. The zero-order valence-electron chi connectivity index (χ0n) is 17.9. The molecule has 0 unspecified atom stereocenters. The number of ether oxygens (including phenoxy) is 2. The van der Waals surface area contributed by atoms with E-state index in [-0.39, 0.29) is 11.9 Å². The molecule has 0 aliphatic heterocycles. The van der Waals surface area contributed by atoms with E-state index in [0.717, 1.165) is 55.8 Å². The summed E-state index contributed by atoms with van der Waals surface area (Å²) >= 11 is 3.35. The maximum Gasteiger partial charge on any atom is 0.311 e. The Morgan fingerprint density at radius 3 is 1.86 bits per heavy atom. The van der Waals surface area contributed by atoms with Crippen LogP contribution < -0.4 is 4.74 Å². The van der Waals surface area contributed by atoms with Gasteiger partial charge in [0.2, 0.25) is 0 Å². The SMILES string of the molecule is CCCCCCCCOC(=O)CCCCCCCCC(=O)Oc1ccc(Br)cc1. The van der Waals surface area contributed by atoms with Crippen molar-refractivity contribution >= 4 is 27.9 Å². The van der Waals surface area contributed by atoms with Crippen molar-refractivity contribution in [2.24, 2.45) is 0 Å². The predicted octanol–water partition coefficient (Wildman–Crippen LogP) is 7.38. The molecule has 164 valence electrons. The first-order valence-corrected chi connectivity index (χ1v) is 12.0. The first-order chi connectivity index (χ1) is 14.1. The summed E-state index contributed by atoms with van der Waals surface area (Å²) in [4.78, 5) is 23.5. The highest BCUT2D eigenvalue weighted by atomic mass is 79.9. The number of hydrogen-bond donors (Lipinski definition) is 0. The summed E-state index contributed by atoms with van der Waals surface area (Å²) in [6, 6.07) is 7.27. The van der Waals surface area contributed by atoms with Crippen LogP contribution in [0.2, 0.25) is 0 Å². The van der Waals surface area contributed by atoms with Crippen LogP contribution in [0, 0.1) is 0 Å². The van der Waals surface area contributed by atoms with Gasteiger partial charge in [-0.1, -0.05) is 80.6 Å². The van der Waals surface area contributed by atoms with Crippen molar-refractivity contribution in [2.45, 2.75) is 96.8 Å². The molecule has 0 N–H and O–H groups in total. The molecule has 0 fully saturated rings. The number of carbonyl (C=O) groups is 2. The number of carbonyl (C=O) groups excluding carboxylic acids is 2. The molecule has 1 aromatic carbocycles. The van der Waals surface area contributed by atoms with E-state index in [1.165, 1.54) is 25.7 Å². The average Bonchev–Trinajstić information content (AvgIpc) is 2.71. The van der Waals surface area contributed by atoms with Crippen LogP contribution >= 0.6 is 15.9 Å². The van der Waals surface area contributed by atoms with Gasteiger partial charge in [-0.3, -0.25) is 9.59 Å². The van der Waals surface area contributed by atoms with Gasteiger partial charge in [-0.25, -0.2) is 0 Å². The van der Waals surface area contributed by atoms with Crippen LogP contribution in [0.5, 0.6) is 5.75 Å². The third-order valence-corrected chi connectivity index (χ3v) is 5.35. The molecule has 0 atom stereocenters. The Morgan fingerprint density at radius 2 is 1.24 bits per heavy atom. The maximum atomic E-state index is 11.8. The van der Waals surface area contributed by atoms with Gasteiger partial charge in [0.25, 0.3) is 0 Å². The highest BCUT2D eigenvalue weighted by molar-refractivity contribution is 9.10. The van der Waals surface area contributed by atoms with Crippen molar-refractivity contribution in [3.8, 4) is 5.75 Å². The Balaban J connectivity index is 1.87. The van der Waals surface area contributed by atoms with Crippen molar-refractivity contribution in [3.63, 3.8) is 0 Å². The molecular formula is C24H37BrO4. The van der Waals surface area contributed by atoms with Crippen molar-refractivity contribution in [3.05, 3.63) is 28.7 Å². The van der Waals surface area contributed by atoms with Crippen LogP contribution in [0.25, 0.3) is 0 Å². The molecule has 0 aliphatic rings. The summed E-state index contributed by atoms with van der Waals surface area (Å²) in [5.41, 5.74) is 0. The van der Waals surface area contributed by atoms with Gasteiger partial charge in [0, 0.05) is 17.3 Å². The van der Waals surface area contributed by atoms with Crippen molar-refractivity contribution in [1.29, 1.82) is 0 Å². The fourth-order valence-corrected chi connectivity index (χ4v) is 3.34. The van der Waals surface area contributed by atoms with Crippen molar-refractivity contribution in [1.82, 2.24) is 0 Å². The molecule has 0 saturated carbocycles. The zero-order chi connectivity index (χ0) is 21.2. The summed E-state index contributed by atoms with van der Waals surface area (Å²) in [6.45, 7) is 2.78. The largest absolute Gasteiger partial charge is 0.466 e. The minimum atomic E-state index is -0.180. The van der Waals surface area contributed by atoms with Gasteiger partial charge in [-0.15, -0.1) is 0 Å². The minimum Gasteiger partial charge on any atom is -0.466 e. The molecule has 1 rings (SSSR count). The summed E-state index contributed by atoms with van der Waals surface area (Å²) < 4.78 is 11.5. The summed E-state index contributed by atoms with van der Waals surface area (Å²) in [5.74, 6) is 0.344. The second-order valence-electron chi connectivity index (χ2n) is 7.54. The van der Waals surface area contributed by atoms with E-state index in [1.54, 1.807) is 12.1 Å². The standard InChI is InChI=1S/C24H37BrO4/c1-2-3-4-5-10-13-20-28-23(26)14-11-8-6-7-9-12-15-24(27)29-22-18-16-21(25)17-19-22/h16-19H,2-15,20H2,1H3. The van der Waals surface area contributed by atoms with Gasteiger partial charge in [-0.2, -0.15) is 0 Å². The lowest BCUT2D eigenvalue weighted by molar-refractivity contribution is -0.144. The van der Waals surface area contributed by atoms with Gasteiger partial charge < -0.3 is 9.47 Å². The fraction of sp³-hybridized carbons (Fsp3) is 0.667. The molecule has 5 heteroatoms. The molecule has 29 heavy (non-hydrogen) atoms. The summed E-state index contributed by atoms with van der Waals surface area (Å²) in [5, 5.41) is 0. The number of benzene rings is 1. The number of halogens is 1. The molecule has 1 aromatic rings. The number of esters is 2. The number of rotatable bonds is 17. The quantitative estimate of drug-likeness (QED) is 0.136. The van der Waals surface area contributed by atoms with E-state index in [1.807, 2.05) is 12.1 Å². The van der Waals surface area contributed by atoms with Crippen molar-refractivity contribution in [2.75, 3.05) is 6.61 Å². The first-order valence-electron chi connectivity index (χ1n) is 11.2. The second-order valence-corrected chi connectivity index (χ2v) is 8.45. The summed E-state index contributed by atoms with van der Waals surface area (Å²) in [6.07, 6.45) is 14.2. The lowest BCUT2D eigenvalue weighted by Gasteiger charge is -2.06. The Morgan fingerprint density at radius 1 is 0.724 bits per heavy atom. The molecule has 0 radical (unpaired) electrons. The Kier molecular flexibility index (Phi) is 15.5. The monoisotopic (exact) mass is 468 g/mol. The Hall–Kier alpha value is -1.36. The molecule has 0 spiro atoms. The fourth-order valence-electron chi connectivity index (χ4n) is 3.07. The van der Waals surface area contributed by atoms with E-state index in [4.69, 9.17) is 9.47 Å². The Labute approximate surface area is 184 Å². The molecule has 0 aliphatic carbocycles. The van der Waals surface area contributed by atoms with E-state index >= 15 is 0 Å². The molecule has 0 bridgehead atoms. The average molecular weight is 469 g/mol. The molecule has 4 nitrogen and oxygen atoms in total. The van der Waals surface area contributed by atoms with Crippen LogP contribution in [0.1, 0.15) is 96.8 Å². The van der Waals surface area contributed by atoms with E-state index < -0.39 is 0 Å². The van der Waals surface area contributed by atoms with Gasteiger partial charge >= 0.3 is 11.9 Å². The van der Waals surface area contributed by atoms with Crippen LogP contribution in [0.15, 0.2) is 28.7 Å². The van der Waals surface area contributed by atoms with E-state index in [2.05, 4.69) is 22.9 Å². The highest BCUT2D eigenvalue weighted by Crippen LogP contribution is 2.17. The Bertz CT molecular complexity index is 557. The molecule has 0 saturated heterocycles. The lowest BCUT2D eigenvalue weighted by Crippen LogP contribution is -2.07. The van der Waals surface area contributed by atoms with Gasteiger partial charge in [0.15, 0.2) is 0 Å². The lowest BCUT2D eigenvalue weighted by atomic mass is 10.1. The smallest absolute Gasteiger partial charge is 0.311 e. The van der Waals surface area contributed by atoms with Crippen molar-refractivity contribution < 1.29 is 19.1 Å². The molecule has 0 aromatic heterocycles. The number of hydrogen-bond acceptors (Lipinski definition) is 4. The van der Waals surface area contributed by atoms with Crippen LogP contribution in [0.3, 0.4) is 0 Å². The molecular weight excluding hydrogens is 432 g/mol. The van der Waals surface area contributed by atoms with E-state index in [9.17, 15) is 9.59 Å².